The second kappa shape index (κ2) is 5.22. The summed E-state index contributed by atoms with van der Waals surface area (Å²) in [6.45, 7) is 4.49. The predicted molar refractivity (Wildman–Crippen MR) is 76.0 cm³/mol. The Balaban J connectivity index is 1.89. The summed E-state index contributed by atoms with van der Waals surface area (Å²) in [6, 6.07) is 8.13. The van der Waals surface area contributed by atoms with Crippen LogP contribution in [0.4, 0.5) is 4.39 Å². The molecule has 3 unspecified atom stereocenters. The zero-order chi connectivity index (χ0) is 13.3. The summed E-state index contributed by atoms with van der Waals surface area (Å²) in [7, 11) is 0. The normalized spacial score (nSPS) is 30.4. The van der Waals surface area contributed by atoms with Crippen molar-refractivity contribution in [2.45, 2.75) is 37.9 Å². The van der Waals surface area contributed by atoms with Crippen molar-refractivity contribution < 1.29 is 4.39 Å². The van der Waals surface area contributed by atoms with Crippen LogP contribution in [0.2, 0.25) is 0 Å². The van der Waals surface area contributed by atoms with Gasteiger partial charge in [0.15, 0.2) is 0 Å². The minimum atomic E-state index is -1.19. The van der Waals surface area contributed by atoms with Gasteiger partial charge in [0, 0.05) is 12.5 Å². The maximum Gasteiger partial charge on any atom is 0.131 e. The molecule has 0 spiro atoms. The minimum Gasteiger partial charge on any atom is -0.316 e. The van der Waals surface area contributed by atoms with Gasteiger partial charge in [-0.2, -0.15) is 0 Å². The lowest BCUT2D eigenvalue weighted by Crippen LogP contribution is -2.51. The van der Waals surface area contributed by atoms with Gasteiger partial charge in [-0.25, -0.2) is 4.39 Å². The van der Waals surface area contributed by atoms with Crippen LogP contribution in [0.3, 0.4) is 0 Å². The number of piperidine rings is 1. The standard InChI is InChI=1S/C16H23FN2/c1-16(17,13-6-4-9-18-11-13)15-14-7-3-2-5-12(14)8-10-19-15/h2-3,5,7,13,15,18-19H,4,6,8-11H2,1H3. The molecular formula is C16H23FN2. The smallest absolute Gasteiger partial charge is 0.131 e. The first-order valence-electron chi connectivity index (χ1n) is 7.40. The van der Waals surface area contributed by atoms with Crippen molar-refractivity contribution >= 4 is 0 Å². The fourth-order valence-corrected chi connectivity index (χ4v) is 3.58. The third-order valence-corrected chi connectivity index (χ3v) is 4.77. The number of alkyl halides is 1. The van der Waals surface area contributed by atoms with E-state index >= 15 is 4.39 Å². The van der Waals surface area contributed by atoms with Gasteiger partial charge in [0.05, 0.1) is 6.04 Å². The van der Waals surface area contributed by atoms with Crippen molar-refractivity contribution in [3.05, 3.63) is 35.4 Å². The Morgan fingerprint density at radius 2 is 2.11 bits per heavy atom. The lowest BCUT2D eigenvalue weighted by molar-refractivity contribution is 0.0381. The second-order valence-electron chi connectivity index (χ2n) is 6.03. The van der Waals surface area contributed by atoms with Crippen LogP contribution in [0.5, 0.6) is 0 Å². The van der Waals surface area contributed by atoms with E-state index in [0.717, 1.165) is 44.5 Å². The Bertz CT molecular complexity index is 438. The molecule has 3 heteroatoms. The van der Waals surface area contributed by atoms with Crippen molar-refractivity contribution in [3.63, 3.8) is 0 Å². The van der Waals surface area contributed by atoms with E-state index in [1.807, 2.05) is 6.07 Å². The average molecular weight is 262 g/mol. The first-order valence-corrected chi connectivity index (χ1v) is 7.40. The van der Waals surface area contributed by atoms with Gasteiger partial charge in [-0.05, 0) is 50.4 Å². The van der Waals surface area contributed by atoms with E-state index in [1.165, 1.54) is 5.56 Å². The molecule has 2 N–H and O–H groups in total. The molecule has 2 aliphatic heterocycles. The SMILES string of the molecule is CC(F)(C1CCCNC1)C1NCCc2ccccc21. The number of nitrogens with one attached hydrogen (secondary N) is 2. The second-order valence-corrected chi connectivity index (χ2v) is 6.03. The molecule has 1 saturated heterocycles. The summed E-state index contributed by atoms with van der Waals surface area (Å²) in [5, 5.41) is 6.75. The van der Waals surface area contributed by atoms with Crippen LogP contribution in [0, 0.1) is 5.92 Å². The Kier molecular flexibility index (Phi) is 3.59. The molecule has 2 nitrogen and oxygen atoms in total. The zero-order valence-electron chi connectivity index (χ0n) is 11.6. The number of rotatable bonds is 2. The topological polar surface area (TPSA) is 24.1 Å². The van der Waals surface area contributed by atoms with Gasteiger partial charge in [0.2, 0.25) is 0 Å². The van der Waals surface area contributed by atoms with Crippen molar-refractivity contribution in [3.8, 4) is 0 Å². The predicted octanol–water partition coefficient (Wildman–Crippen LogP) is 2.60. The van der Waals surface area contributed by atoms with Crippen LogP contribution in [-0.4, -0.2) is 25.3 Å². The number of hydrogen-bond donors (Lipinski definition) is 2. The van der Waals surface area contributed by atoms with Gasteiger partial charge in [-0.1, -0.05) is 24.3 Å². The molecule has 0 radical (unpaired) electrons. The molecule has 0 saturated carbocycles. The molecule has 104 valence electrons. The van der Waals surface area contributed by atoms with Gasteiger partial charge < -0.3 is 10.6 Å². The number of benzene rings is 1. The molecule has 1 aromatic carbocycles. The van der Waals surface area contributed by atoms with E-state index in [-0.39, 0.29) is 12.0 Å². The maximum atomic E-state index is 15.4. The highest BCUT2D eigenvalue weighted by atomic mass is 19.1. The van der Waals surface area contributed by atoms with Crippen LogP contribution in [0.25, 0.3) is 0 Å². The van der Waals surface area contributed by atoms with Crippen LogP contribution >= 0.6 is 0 Å². The van der Waals surface area contributed by atoms with Gasteiger partial charge in [-0.15, -0.1) is 0 Å². The molecule has 2 heterocycles. The first-order chi connectivity index (χ1) is 9.19. The lowest BCUT2D eigenvalue weighted by atomic mass is 9.75. The Morgan fingerprint density at radius 1 is 1.26 bits per heavy atom. The first kappa shape index (κ1) is 13.1. The lowest BCUT2D eigenvalue weighted by Gasteiger charge is -2.42. The largest absolute Gasteiger partial charge is 0.316 e. The van der Waals surface area contributed by atoms with Crippen molar-refractivity contribution in [1.82, 2.24) is 10.6 Å². The van der Waals surface area contributed by atoms with Crippen LogP contribution in [-0.2, 0) is 6.42 Å². The van der Waals surface area contributed by atoms with Crippen molar-refractivity contribution in [2.24, 2.45) is 5.92 Å². The average Bonchev–Trinajstić information content (AvgIpc) is 2.47. The van der Waals surface area contributed by atoms with E-state index in [9.17, 15) is 0 Å². The summed E-state index contributed by atoms with van der Waals surface area (Å²) >= 11 is 0. The molecule has 0 bridgehead atoms. The third kappa shape index (κ3) is 2.41. The quantitative estimate of drug-likeness (QED) is 0.856. The fourth-order valence-electron chi connectivity index (χ4n) is 3.58. The summed E-state index contributed by atoms with van der Waals surface area (Å²) in [4.78, 5) is 0. The molecule has 3 rings (SSSR count). The summed E-state index contributed by atoms with van der Waals surface area (Å²) < 4.78 is 15.4. The fraction of sp³-hybridized carbons (Fsp3) is 0.625. The van der Waals surface area contributed by atoms with Gasteiger partial charge in [0.25, 0.3) is 0 Å². The van der Waals surface area contributed by atoms with Gasteiger partial charge in [-0.3, -0.25) is 0 Å². The minimum absolute atomic E-state index is 0.102. The van der Waals surface area contributed by atoms with Crippen LogP contribution in [0.1, 0.15) is 36.9 Å². The molecular weight excluding hydrogens is 239 g/mol. The van der Waals surface area contributed by atoms with Gasteiger partial charge >= 0.3 is 0 Å². The highest BCUT2D eigenvalue weighted by Gasteiger charge is 2.44. The molecule has 0 aromatic heterocycles. The van der Waals surface area contributed by atoms with Crippen LogP contribution < -0.4 is 10.6 Å². The monoisotopic (exact) mass is 262 g/mol. The zero-order valence-corrected chi connectivity index (χ0v) is 11.6. The molecule has 0 aliphatic carbocycles. The summed E-state index contributed by atoms with van der Waals surface area (Å²) in [5.41, 5.74) is 1.27. The number of hydrogen-bond acceptors (Lipinski definition) is 2. The highest BCUT2D eigenvalue weighted by molar-refractivity contribution is 5.34. The Labute approximate surface area is 114 Å². The van der Waals surface area contributed by atoms with Crippen LogP contribution in [0.15, 0.2) is 24.3 Å². The van der Waals surface area contributed by atoms with E-state index in [1.54, 1.807) is 6.92 Å². The molecule has 3 atom stereocenters. The highest BCUT2D eigenvalue weighted by Crippen LogP contribution is 2.41. The van der Waals surface area contributed by atoms with Crippen molar-refractivity contribution in [2.75, 3.05) is 19.6 Å². The molecule has 19 heavy (non-hydrogen) atoms. The van der Waals surface area contributed by atoms with E-state index in [4.69, 9.17) is 0 Å². The maximum absolute atomic E-state index is 15.4. The van der Waals surface area contributed by atoms with E-state index in [0.29, 0.717) is 0 Å². The molecule has 2 aliphatic rings. The van der Waals surface area contributed by atoms with E-state index < -0.39 is 5.67 Å². The Morgan fingerprint density at radius 3 is 2.89 bits per heavy atom. The summed E-state index contributed by atoms with van der Waals surface area (Å²) in [6.07, 6.45) is 3.07. The number of fused-ring (bicyclic) bond motifs is 1. The summed E-state index contributed by atoms with van der Waals surface area (Å²) in [5.74, 6) is 0.102. The van der Waals surface area contributed by atoms with E-state index in [2.05, 4.69) is 28.8 Å². The number of halogens is 1. The Hall–Kier alpha value is -0.930. The molecule has 1 fully saturated rings. The molecule has 0 amide bonds. The van der Waals surface area contributed by atoms with Crippen molar-refractivity contribution in [1.29, 1.82) is 0 Å². The molecule has 1 aromatic rings. The third-order valence-electron chi connectivity index (χ3n) is 4.77. The van der Waals surface area contributed by atoms with Gasteiger partial charge in [0.1, 0.15) is 5.67 Å².